The highest BCUT2D eigenvalue weighted by atomic mass is 28.4. The summed E-state index contributed by atoms with van der Waals surface area (Å²) >= 11 is 0. The van der Waals surface area contributed by atoms with E-state index in [2.05, 4.69) is 113 Å². The topological polar surface area (TPSA) is 81.7 Å². The van der Waals surface area contributed by atoms with E-state index in [4.69, 9.17) is 32.8 Å². The monoisotopic (exact) mass is 994 g/mol. The number of rotatable bonds is 21. The normalized spacial score (nSPS) is 21.0. The minimum absolute atomic E-state index is 0.0490. The number of ether oxygens (including phenoxy) is 6. The molecule has 0 amide bonds. The van der Waals surface area contributed by atoms with Crippen molar-refractivity contribution < 1.29 is 37.6 Å². The molecule has 7 aromatic rings. The maximum atomic E-state index is 14.8. The first-order valence-electron chi connectivity index (χ1n) is 25.8. The van der Waals surface area contributed by atoms with Gasteiger partial charge in [-0.2, -0.15) is 0 Å². The molecule has 0 radical (unpaired) electrons. The molecule has 1 aliphatic heterocycles. The summed E-state index contributed by atoms with van der Waals surface area (Å²) in [7, 11) is -2.79. The Morgan fingerprint density at radius 3 is 1.48 bits per heavy atom. The van der Waals surface area contributed by atoms with Gasteiger partial charge in [-0.05, 0) is 80.2 Å². The zero-order valence-electron chi connectivity index (χ0n) is 43.2. The summed E-state index contributed by atoms with van der Waals surface area (Å²) < 4.78 is 49.2. The van der Waals surface area contributed by atoms with Gasteiger partial charge in [0.05, 0.1) is 45.1 Å². The molecule has 7 aromatic carbocycles. The molecule has 2 aliphatic rings. The lowest BCUT2D eigenvalue weighted by molar-refractivity contribution is -0.338. The Morgan fingerprint density at radius 2 is 1.00 bits per heavy atom. The van der Waals surface area contributed by atoms with E-state index < -0.39 is 51.0 Å². The second kappa shape index (κ2) is 24.0. The first-order chi connectivity index (χ1) is 35.5. The fourth-order valence-electron chi connectivity index (χ4n) is 10.9. The standard InChI is InChI=1S/C64H70O8Si/c1-45-39-55-57(46(2)54(45)37-38-70-73(64(4,5)6,52-33-21-11-22-34-52)53-35-23-12-24-36-53)58(65)47(3)59(55)72-63-62(69-43-51-31-19-10-20-32-51)61(68-42-50-29-17-9-18-30-50)60(67-41-49-27-15-8-16-28-49)56(71-63)44-66-40-48-25-13-7-14-26-48/h7-36,39,47,56,59-63H,37-38,40-44H2,1-6H3/t47-,56?,59-,60+,61?,62?,63-/m0/s1. The molecule has 0 saturated carbocycles. The number of ketones is 1. The number of carbonyl (C=O) groups is 1. The van der Waals surface area contributed by atoms with Gasteiger partial charge in [-0.1, -0.05) is 216 Å². The molecule has 1 heterocycles. The molecular formula is C64H70O8Si. The van der Waals surface area contributed by atoms with Crippen LogP contribution in [0.3, 0.4) is 0 Å². The van der Waals surface area contributed by atoms with E-state index in [1.54, 1.807) is 0 Å². The molecule has 8 nitrogen and oxygen atoms in total. The average molecular weight is 995 g/mol. The molecule has 9 heteroatoms. The minimum Gasteiger partial charge on any atom is -0.407 e. The van der Waals surface area contributed by atoms with Gasteiger partial charge in [0.2, 0.25) is 0 Å². The van der Waals surface area contributed by atoms with Crippen molar-refractivity contribution in [3.8, 4) is 0 Å². The van der Waals surface area contributed by atoms with Crippen LogP contribution in [0.5, 0.6) is 0 Å². The fraction of sp³-hybridized carbons (Fsp3) is 0.328. The van der Waals surface area contributed by atoms with Crippen LogP contribution in [-0.2, 0) is 65.7 Å². The molecule has 73 heavy (non-hydrogen) atoms. The number of hydrogen-bond donors (Lipinski definition) is 0. The summed E-state index contributed by atoms with van der Waals surface area (Å²) in [5.74, 6) is -0.452. The van der Waals surface area contributed by atoms with Crippen LogP contribution in [-0.4, -0.2) is 58.0 Å². The Morgan fingerprint density at radius 1 is 0.562 bits per heavy atom. The molecule has 1 saturated heterocycles. The van der Waals surface area contributed by atoms with Gasteiger partial charge in [-0.3, -0.25) is 4.79 Å². The second-order valence-corrected chi connectivity index (χ2v) is 24.9. The molecule has 0 aromatic heterocycles. The first-order valence-corrected chi connectivity index (χ1v) is 27.7. The summed E-state index contributed by atoms with van der Waals surface area (Å²) in [6, 6.07) is 64.0. The van der Waals surface area contributed by atoms with Crippen LogP contribution < -0.4 is 10.4 Å². The van der Waals surface area contributed by atoms with Crippen LogP contribution in [0, 0.1) is 19.8 Å². The summed E-state index contributed by atoms with van der Waals surface area (Å²) in [5.41, 5.74) is 8.81. The van der Waals surface area contributed by atoms with Crippen molar-refractivity contribution >= 4 is 24.5 Å². The highest BCUT2D eigenvalue weighted by molar-refractivity contribution is 6.99. The van der Waals surface area contributed by atoms with Gasteiger partial charge < -0.3 is 32.8 Å². The summed E-state index contributed by atoms with van der Waals surface area (Å²) in [5, 5.41) is 2.32. The molecule has 0 spiro atoms. The van der Waals surface area contributed by atoms with Crippen molar-refractivity contribution in [2.45, 2.75) is 116 Å². The lowest BCUT2D eigenvalue weighted by Gasteiger charge is -2.46. The molecule has 378 valence electrons. The van der Waals surface area contributed by atoms with Gasteiger partial charge in [0.25, 0.3) is 8.32 Å². The molecule has 1 fully saturated rings. The number of benzene rings is 7. The largest absolute Gasteiger partial charge is 0.407 e. The number of carbonyl (C=O) groups excluding carboxylic acids is 1. The molecule has 0 bridgehead atoms. The second-order valence-electron chi connectivity index (χ2n) is 20.6. The molecular weight excluding hydrogens is 925 g/mol. The van der Waals surface area contributed by atoms with Crippen molar-refractivity contribution in [3.05, 3.63) is 238 Å². The van der Waals surface area contributed by atoms with Gasteiger partial charge in [-0.25, -0.2) is 0 Å². The van der Waals surface area contributed by atoms with E-state index in [1.807, 2.05) is 116 Å². The van der Waals surface area contributed by atoms with E-state index in [9.17, 15) is 4.79 Å². The van der Waals surface area contributed by atoms with Crippen molar-refractivity contribution in [2.75, 3.05) is 13.2 Å². The Balaban J connectivity index is 1.04. The molecule has 7 atom stereocenters. The van der Waals surface area contributed by atoms with Gasteiger partial charge in [0.15, 0.2) is 12.1 Å². The number of Topliss-reactive ketones (excluding diaryl/α,β-unsaturated/α-hetero) is 1. The maximum absolute atomic E-state index is 14.8. The van der Waals surface area contributed by atoms with Gasteiger partial charge in [-0.15, -0.1) is 0 Å². The van der Waals surface area contributed by atoms with E-state index in [-0.39, 0.29) is 24.0 Å². The summed E-state index contributed by atoms with van der Waals surface area (Å²) in [6.45, 7) is 15.1. The van der Waals surface area contributed by atoms with Crippen LogP contribution in [0.1, 0.15) is 88.7 Å². The molecule has 0 N–H and O–H groups in total. The van der Waals surface area contributed by atoms with E-state index in [1.165, 1.54) is 10.4 Å². The molecule has 3 unspecified atom stereocenters. The van der Waals surface area contributed by atoms with E-state index in [0.717, 1.165) is 44.5 Å². The van der Waals surface area contributed by atoms with Crippen LogP contribution in [0.25, 0.3) is 0 Å². The predicted molar refractivity (Wildman–Crippen MR) is 290 cm³/mol. The van der Waals surface area contributed by atoms with Crippen molar-refractivity contribution in [1.29, 1.82) is 0 Å². The third kappa shape index (κ3) is 11.9. The highest BCUT2D eigenvalue weighted by Gasteiger charge is 2.53. The molecule has 1 aliphatic carbocycles. The zero-order chi connectivity index (χ0) is 50.8. The SMILES string of the molecule is Cc1cc2c(c(C)c1CCO[Si](c1ccccc1)(c1ccccc1)C(C)(C)C)C(=O)[C@H](C)[C@@H]2O[C@@H]1OC(COCc2ccccc2)[C@@H](OCc2ccccc2)C(OCc2ccccc2)C1OCc1ccccc1. The van der Waals surface area contributed by atoms with Crippen LogP contribution >= 0.6 is 0 Å². The lowest BCUT2D eigenvalue weighted by atomic mass is 9.92. The maximum Gasteiger partial charge on any atom is 0.261 e. The number of fused-ring (bicyclic) bond motifs is 1. The third-order valence-corrected chi connectivity index (χ3v) is 19.6. The summed E-state index contributed by atoms with van der Waals surface area (Å²) in [4.78, 5) is 14.8. The Kier molecular flexibility index (Phi) is 17.1. The van der Waals surface area contributed by atoms with E-state index >= 15 is 0 Å². The quantitative estimate of drug-likeness (QED) is 0.0659. The molecule has 9 rings (SSSR count). The van der Waals surface area contributed by atoms with Gasteiger partial charge in [0.1, 0.15) is 24.4 Å². The number of aryl methyl sites for hydroxylation is 1. The number of hydrogen-bond acceptors (Lipinski definition) is 8. The lowest BCUT2D eigenvalue weighted by Crippen LogP contribution is -2.66. The summed E-state index contributed by atoms with van der Waals surface area (Å²) in [6.07, 6.45) is -3.67. The van der Waals surface area contributed by atoms with E-state index in [0.29, 0.717) is 38.4 Å². The third-order valence-electron chi connectivity index (χ3n) is 14.6. The van der Waals surface area contributed by atoms with Gasteiger partial charge >= 0.3 is 0 Å². The van der Waals surface area contributed by atoms with Crippen LogP contribution in [0.15, 0.2) is 188 Å². The Bertz CT molecular complexity index is 2790. The Hall–Kier alpha value is -5.85. The minimum atomic E-state index is -2.79. The van der Waals surface area contributed by atoms with Crippen LogP contribution in [0.4, 0.5) is 0 Å². The Labute approximate surface area is 433 Å². The average Bonchev–Trinajstić information content (AvgIpc) is 3.64. The van der Waals surface area contributed by atoms with Crippen LogP contribution in [0.2, 0.25) is 5.04 Å². The zero-order valence-corrected chi connectivity index (χ0v) is 44.2. The predicted octanol–water partition coefficient (Wildman–Crippen LogP) is 12.0. The fourth-order valence-corrected chi connectivity index (χ4v) is 15.5. The van der Waals surface area contributed by atoms with Crippen molar-refractivity contribution in [2.24, 2.45) is 5.92 Å². The highest BCUT2D eigenvalue weighted by Crippen LogP contribution is 2.45. The van der Waals surface area contributed by atoms with Crippen molar-refractivity contribution in [1.82, 2.24) is 0 Å². The smallest absolute Gasteiger partial charge is 0.261 e. The first kappa shape index (κ1) is 52.0. The van der Waals surface area contributed by atoms with Crippen molar-refractivity contribution in [3.63, 3.8) is 0 Å². The van der Waals surface area contributed by atoms with Gasteiger partial charge in [0, 0.05) is 12.2 Å².